The molecule has 0 bridgehead atoms. The maximum atomic E-state index is 11.5. The zero-order valence-corrected chi connectivity index (χ0v) is 16.1. The Kier molecular flexibility index (Phi) is 6.52. The van der Waals surface area contributed by atoms with Crippen LogP contribution in [0.25, 0.3) is 0 Å². The molecule has 0 spiro atoms. The van der Waals surface area contributed by atoms with Gasteiger partial charge in [-0.05, 0) is 37.7 Å². The van der Waals surface area contributed by atoms with Gasteiger partial charge < -0.3 is 15.5 Å². The van der Waals surface area contributed by atoms with E-state index >= 15 is 0 Å². The van der Waals surface area contributed by atoms with Gasteiger partial charge in [-0.2, -0.15) is 5.10 Å². The summed E-state index contributed by atoms with van der Waals surface area (Å²) < 4.78 is 2.14. The second kappa shape index (κ2) is 9.05. The Bertz CT molecular complexity index is 611. The maximum absolute atomic E-state index is 11.5. The van der Waals surface area contributed by atoms with Gasteiger partial charge in [0.05, 0.1) is 18.3 Å². The molecule has 144 valence electrons. The largest absolute Gasteiger partial charge is 0.359 e. The van der Waals surface area contributed by atoms with Crippen LogP contribution < -0.4 is 10.6 Å². The number of aromatic nitrogens is 2. The third-order valence-electron chi connectivity index (χ3n) is 5.67. The van der Waals surface area contributed by atoms with Crippen LogP contribution >= 0.6 is 0 Å². The van der Waals surface area contributed by atoms with Crippen molar-refractivity contribution in [1.82, 2.24) is 25.3 Å². The van der Waals surface area contributed by atoms with Crippen LogP contribution in [0, 0.1) is 5.92 Å². The standard InChI is InChI=1S/C19H32N6O/c1-20-18(26)13-15-7-10-24(11-8-15)19(21-2)22-14-16-9-12-25(23-16)17-5-3-4-6-17/h9,12,15,17H,3-8,10-11,13-14H2,1-2H3,(H,20,26)(H,21,22). The molecule has 7 heteroatoms. The third-order valence-corrected chi connectivity index (χ3v) is 5.67. The molecule has 1 aliphatic heterocycles. The highest BCUT2D eigenvalue weighted by atomic mass is 16.1. The Morgan fingerprint density at radius 2 is 2.00 bits per heavy atom. The van der Waals surface area contributed by atoms with Crippen molar-refractivity contribution in [3.05, 3.63) is 18.0 Å². The number of rotatable bonds is 5. The molecule has 0 atom stereocenters. The highest BCUT2D eigenvalue weighted by Crippen LogP contribution is 2.28. The van der Waals surface area contributed by atoms with E-state index < -0.39 is 0 Å². The van der Waals surface area contributed by atoms with Gasteiger partial charge in [0.15, 0.2) is 5.96 Å². The van der Waals surface area contributed by atoms with E-state index in [1.165, 1.54) is 25.7 Å². The van der Waals surface area contributed by atoms with E-state index in [9.17, 15) is 4.79 Å². The molecule has 1 aromatic heterocycles. The van der Waals surface area contributed by atoms with E-state index in [1.54, 1.807) is 7.05 Å². The fourth-order valence-electron chi connectivity index (χ4n) is 4.06. The molecule has 2 aliphatic rings. The van der Waals surface area contributed by atoms with Gasteiger partial charge in [-0.25, -0.2) is 0 Å². The number of hydrogen-bond acceptors (Lipinski definition) is 3. The van der Waals surface area contributed by atoms with Gasteiger partial charge in [0.25, 0.3) is 0 Å². The van der Waals surface area contributed by atoms with Gasteiger partial charge in [-0.3, -0.25) is 14.5 Å². The number of hydrogen-bond donors (Lipinski definition) is 2. The van der Waals surface area contributed by atoms with E-state index in [0.29, 0.717) is 24.9 Å². The summed E-state index contributed by atoms with van der Waals surface area (Å²) in [6, 6.07) is 2.69. The molecule has 0 aromatic carbocycles. The summed E-state index contributed by atoms with van der Waals surface area (Å²) in [5.74, 6) is 1.55. The molecule has 2 fully saturated rings. The highest BCUT2D eigenvalue weighted by Gasteiger charge is 2.23. The van der Waals surface area contributed by atoms with Crippen LogP contribution in [0.4, 0.5) is 0 Å². The lowest BCUT2D eigenvalue weighted by atomic mass is 9.93. The molecule has 1 amide bonds. The number of likely N-dealkylation sites (tertiary alicyclic amines) is 1. The summed E-state index contributed by atoms with van der Waals surface area (Å²) in [5.41, 5.74) is 1.06. The number of piperidine rings is 1. The SMILES string of the molecule is CN=C(NCc1ccn(C2CCCC2)n1)N1CCC(CC(=O)NC)CC1. The number of aliphatic imine (C=N–C) groups is 1. The topological polar surface area (TPSA) is 74.5 Å². The Morgan fingerprint density at radius 1 is 1.27 bits per heavy atom. The zero-order valence-electron chi connectivity index (χ0n) is 16.1. The third kappa shape index (κ3) is 4.77. The summed E-state index contributed by atoms with van der Waals surface area (Å²) in [5, 5.41) is 10.9. The molecule has 2 heterocycles. The van der Waals surface area contributed by atoms with Crippen LogP contribution in [0.3, 0.4) is 0 Å². The van der Waals surface area contributed by atoms with Crippen LogP contribution in [0.15, 0.2) is 17.3 Å². The van der Waals surface area contributed by atoms with E-state index in [2.05, 4.69) is 37.5 Å². The van der Waals surface area contributed by atoms with Crippen molar-refractivity contribution < 1.29 is 4.79 Å². The minimum Gasteiger partial charge on any atom is -0.359 e. The van der Waals surface area contributed by atoms with E-state index in [1.807, 2.05) is 7.05 Å². The monoisotopic (exact) mass is 360 g/mol. The molecule has 1 aliphatic carbocycles. The minimum absolute atomic E-state index is 0.142. The first kappa shape index (κ1) is 18.7. The molecule has 1 aromatic rings. The molecular formula is C19H32N6O. The first-order valence-electron chi connectivity index (χ1n) is 9.89. The van der Waals surface area contributed by atoms with E-state index in [-0.39, 0.29) is 5.91 Å². The van der Waals surface area contributed by atoms with E-state index in [4.69, 9.17) is 5.10 Å². The van der Waals surface area contributed by atoms with Gasteiger partial charge in [-0.15, -0.1) is 0 Å². The summed E-state index contributed by atoms with van der Waals surface area (Å²) in [7, 11) is 3.54. The van der Waals surface area contributed by atoms with Crippen molar-refractivity contribution in [2.75, 3.05) is 27.2 Å². The molecule has 0 radical (unpaired) electrons. The fourth-order valence-corrected chi connectivity index (χ4v) is 4.06. The van der Waals surface area contributed by atoms with Gasteiger partial charge in [0.2, 0.25) is 5.91 Å². The van der Waals surface area contributed by atoms with E-state index in [0.717, 1.165) is 37.6 Å². The molecule has 2 N–H and O–H groups in total. The van der Waals surface area contributed by atoms with Crippen molar-refractivity contribution in [3.8, 4) is 0 Å². The van der Waals surface area contributed by atoms with Crippen LogP contribution in [0.5, 0.6) is 0 Å². The first-order chi connectivity index (χ1) is 12.7. The van der Waals surface area contributed by atoms with Crippen molar-refractivity contribution in [1.29, 1.82) is 0 Å². The molecule has 26 heavy (non-hydrogen) atoms. The quantitative estimate of drug-likeness (QED) is 0.621. The Morgan fingerprint density at radius 3 is 2.65 bits per heavy atom. The predicted molar refractivity (Wildman–Crippen MR) is 103 cm³/mol. The van der Waals surface area contributed by atoms with Crippen LogP contribution in [-0.4, -0.2) is 53.7 Å². The number of nitrogens with zero attached hydrogens (tertiary/aromatic N) is 4. The number of guanidine groups is 1. The van der Waals surface area contributed by atoms with Crippen LogP contribution in [0.2, 0.25) is 0 Å². The lowest BCUT2D eigenvalue weighted by Gasteiger charge is -2.34. The minimum atomic E-state index is 0.142. The summed E-state index contributed by atoms with van der Waals surface area (Å²) in [6.45, 7) is 2.58. The average molecular weight is 361 g/mol. The zero-order chi connectivity index (χ0) is 18.4. The number of carbonyl (C=O) groups is 1. The Labute approximate surface area is 156 Å². The summed E-state index contributed by atoms with van der Waals surface area (Å²) in [6.07, 6.45) is 9.95. The Balaban J connectivity index is 1.46. The van der Waals surface area contributed by atoms with Gasteiger partial charge in [0, 0.05) is 39.8 Å². The van der Waals surface area contributed by atoms with Crippen molar-refractivity contribution >= 4 is 11.9 Å². The highest BCUT2D eigenvalue weighted by molar-refractivity contribution is 5.80. The van der Waals surface area contributed by atoms with Gasteiger partial charge in [-0.1, -0.05) is 12.8 Å². The van der Waals surface area contributed by atoms with Crippen LogP contribution in [0.1, 0.15) is 56.7 Å². The molecular weight excluding hydrogens is 328 g/mol. The van der Waals surface area contributed by atoms with Crippen molar-refractivity contribution in [2.24, 2.45) is 10.9 Å². The smallest absolute Gasteiger partial charge is 0.220 e. The lowest BCUT2D eigenvalue weighted by Crippen LogP contribution is -2.45. The van der Waals surface area contributed by atoms with Crippen LogP contribution in [-0.2, 0) is 11.3 Å². The molecule has 1 saturated heterocycles. The number of nitrogens with one attached hydrogen (secondary N) is 2. The van der Waals surface area contributed by atoms with Crippen molar-refractivity contribution in [2.45, 2.75) is 57.5 Å². The lowest BCUT2D eigenvalue weighted by molar-refractivity contribution is -0.121. The van der Waals surface area contributed by atoms with Gasteiger partial charge >= 0.3 is 0 Å². The Hall–Kier alpha value is -2.05. The number of carbonyl (C=O) groups excluding carboxylic acids is 1. The second-order valence-electron chi connectivity index (χ2n) is 7.43. The average Bonchev–Trinajstić information content (AvgIpc) is 3.35. The van der Waals surface area contributed by atoms with Crippen molar-refractivity contribution in [3.63, 3.8) is 0 Å². The fraction of sp³-hybridized carbons (Fsp3) is 0.737. The summed E-state index contributed by atoms with van der Waals surface area (Å²) in [4.78, 5) is 18.3. The molecule has 3 rings (SSSR count). The first-order valence-corrected chi connectivity index (χ1v) is 9.89. The predicted octanol–water partition coefficient (Wildman–Crippen LogP) is 1.92. The normalized spacial score (nSPS) is 19.8. The van der Waals surface area contributed by atoms with Gasteiger partial charge in [0.1, 0.15) is 0 Å². The maximum Gasteiger partial charge on any atom is 0.220 e. The molecule has 1 saturated carbocycles. The number of amides is 1. The summed E-state index contributed by atoms with van der Waals surface area (Å²) >= 11 is 0. The molecule has 0 unspecified atom stereocenters. The molecule has 7 nitrogen and oxygen atoms in total. The second-order valence-corrected chi connectivity index (χ2v) is 7.43.